The van der Waals surface area contributed by atoms with Crippen molar-refractivity contribution in [2.24, 2.45) is 0 Å². The predicted octanol–water partition coefficient (Wildman–Crippen LogP) is 2.12. The van der Waals surface area contributed by atoms with Crippen molar-refractivity contribution in [3.05, 3.63) is 29.6 Å². The molecule has 1 atom stereocenters. The van der Waals surface area contributed by atoms with E-state index in [2.05, 4.69) is 5.32 Å². The Kier molecular flexibility index (Phi) is 5.30. The van der Waals surface area contributed by atoms with Gasteiger partial charge in [0.15, 0.2) is 0 Å². The zero-order chi connectivity index (χ0) is 14.5. The Morgan fingerprint density at radius 1 is 1.53 bits per heavy atom. The van der Waals surface area contributed by atoms with Gasteiger partial charge in [-0.1, -0.05) is 13.3 Å². The standard InChI is InChI=1S/C14H20FNO3/c1-4-7-14(2,18)9-16-13(17)11-6-5-10(19-3)8-12(11)15/h5-6,8,18H,4,7,9H2,1-3H3,(H,16,17). The van der Waals surface area contributed by atoms with Crippen molar-refractivity contribution in [1.82, 2.24) is 5.32 Å². The molecule has 0 bridgehead atoms. The monoisotopic (exact) mass is 269 g/mol. The van der Waals surface area contributed by atoms with Gasteiger partial charge >= 0.3 is 0 Å². The number of hydrogen-bond donors (Lipinski definition) is 2. The van der Waals surface area contributed by atoms with Gasteiger partial charge in [0.1, 0.15) is 11.6 Å². The minimum absolute atomic E-state index is 0.0619. The lowest BCUT2D eigenvalue weighted by Gasteiger charge is -2.23. The molecule has 4 nitrogen and oxygen atoms in total. The predicted molar refractivity (Wildman–Crippen MR) is 70.8 cm³/mol. The highest BCUT2D eigenvalue weighted by atomic mass is 19.1. The van der Waals surface area contributed by atoms with E-state index in [0.29, 0.717) is 12.2 Å². The Hall–Kier alpha value is -1.62. The van der Waals surface area contributed by atoms with Gasteiger partial charge in [0, 0.05) is 12.6 Å². The van der Waals surface area contributed by atoms with Crippen LogP contribution in [0.25, 0.3) is 0 Å². The molecule has 0 aliphatic carbocycles. The zero-order valence-corrected chi connectivity index (χ0v) is 11.5. The van der Waals surface area contributed by atoms with Crippen LogP contribution in [0.15, 0.2) is 18.2 Å². The maximum Gasteiger partial charge on any atom is 0.254 e. The molecule has 0 saturated carbocycles. The Balaban J connectivity index is 2.68. The summed E-state index contributed by atoms with van der Waals surface area (Å²) >= 11 is 0. The molecule has 1 unspecified atom stereocenters. The summed E-state index contributed by atoms with van der Waals surface area (Å²) in [6.45, 7) is 3.67. The van der Waals surface area contributed by atoms with Crippen LogP contribution in [0, 0.1) is 5.82 Å². The third-order valence-corrected chi connectivity index (χ3v) is 2.84. The molecule has 19 heavy (non-hydrogen) atoms. The molecule has 1 amide bonds. The van der Waals surface area contributed by atoms with Crippen LogP contribution < -0.4 is 10.1 Å². The van der Waals surface area contributed by atoms with Gasteiger partial charge in [-0.05, 0) is 25.5 Å². The number of carbonyl (C=O) groups excluding carboxylic acids is 1. The molecule has 0 radical (unpaired) electrons. The minimum atomic E-state index is -0.979. The molecule has 0 fully saturated rings. The summed E-state index contributed by atoms with van der Waals surface area (Å²) in [6, 6.07) is 4.03. The van der Waals surface area contributed by atoms with Crippen molar-refractivity contribution in [3.8, 4) is 5.75 Å². The molecule has 1 aromatic carbocycles. The third-order valence-electron chi connectivity index (χ3n) is 2.84. The quantitative estimate of drug-likeness (QED) is 0.831. The molecule has 1 aromatic rings. The summed E-state index contributed by atoms with van der Waals surface area (Å²) in [7, 11) is 1.43. The number of benzene rings is 1. The van der Waals surface area contributed by atoms with Crippen LogP contribution in [0.2, 0.25) is 0 Å². The van der Waals surface area contributed by atoms with Gasteiger partial charge in [0.2, 0.25) is 0 Å². The number of carbonyl (C=O) groups is 1. The first-order chi connectivity index (χ1) is 8.89. The summed E-state index contributed by atoms with van der Waals surface area (Å²) in [5.74, 6) is -0.837. The van der Waals surface area contributed by atoms with Gasteiger partial charge in [0.05, 0.1) is 18.3 Å². The molecule has 0 aliphatic heterocycles. The lowest BCUT2D eigenvalue weighted by Crippen LogP contribution is -2.40. The minimum Gasteiger partial charge on any atom is -0.497 e. The van der Waals surface area contributed by atoms with Crippen LogP contribution in [-0.2, 0) is 0 Å². The Labute approximate surface area is 112 Å². The van der Waals surface area contributed by atoms with Crippen LogP contribution in [-0.4, -0.2) is 30.3 Å². The number of ether oxygens (including phenoxy) is 1. The van der Waals surface area contributed by atoms with E-state index in [1.165, 1.54) is 19.2 Å². The van der Waals surface area contributed by atoms with E-state index in [4.69, 9.17) is 4.74 Å². The second-order valence-corrected chi connectivity index (χ2v) is 4.78. The number of amides is 1. The lowest BCUT2D eigenvalue weighted by atomic mass is 10.0. The van der Waals surface area contributed by atoms with E-state index >= 15 is 0 Å². The van der Waals surface area contributed by atoms with Crippen LogP contribution in [0.4, 0.5) is 4.39 Å². The molecule has 1 rings (SSSR count). The van der Waals surface area contributed by atoms with Crippen molar-refractivity contribution < 1.29 is 19.0 Å². The fourth-order valence-electron chi connectivity index (χ4n) is 1.80. The van der Waals surface area contributed by atoms with Crippen molar-refractivity contribution in [1.29, 1.82) is 0 Å². The van der Waals surface area contributed by atoms with Crippen LogP contribution in [0.5, 0.6) is 5.75 Å². The van der Waals surface area contributed by atoms with Gasteiger partial charge in [-0.3, -0.25) is 4.79 Å². The van der Waals surface area contributed by atoms with Gasteiger partial charge in [-0.2, -0.15) is 0 Å². The Morgan fingerprint density at radius 3 is 2.74 bits per heavy atom. The molecule has 0 aliphatic rings. The molecule has 0 aromatic heterocycles. The number of aliphatic hydroxyl groups is 1. The maximum atomic E-state index is 13.7. The molecule has 0 spiro atoms. The van der Waals surface area contributed by atoms with E-state index in [1.54, 1.807) is 6.92 Å². The second kappa shape index (κ2) is 6.52. The van der Waals surface area contributed by atoms with Gasteiger partial charge in [-0.15, -0.1) is 0 Å². The van der Waals surface area contributed by atoms with Crippen molar-refractivity contribution in [2.75, 3.05) is 13.7 Å². The third kappa shape index (κ3) is 4.52. The fourth-order valence-corrected chi connectivity index (χ4v) is 1.80. The van der Waals surface area contributed by atoms with E-state index in [1.807, 2.05) is 6.92 Å². The summed E-state index contributed by atoms with van der Waals surface area (Å²) in [6.07, 6.45) is 1.37. The summed E-state index contributed by atoms with van der Waals surface area (Å²) in [4.78, 5) is 11.8. The highest BCUT2D eigenvalue weighted by Crippen LogP contribution is 2.16. The highest BCUT2D eigenvalue weighted by molar-refractivity contribution is 5.94. The average molecular weight is 269 g/mol. The average Bonchev–Trinajstić information content (AvgIpc) is 2.36. The number of halogens is 1. The summed E-state index contributed by atoms with van der Waals surface area (Å²) in [5.41, 5.74) is -1.04. The van der Waals surface area contributed by atoms with Crippen LogP contribution in [0.1, 0.15) is 37.0 Å². The first kappa shape index (κ1) is 15.4. The molecule has 0 saturated heterocycles. The molecule has 5 heteroatoms. The Bertz CT molecular complexity index is 446. The van der Waals surface area contributed by atoms with E-state index in [-0.39, 0.29) is 12.1 Å². The molecular formula is C14H20FNO3. The first-order valence-corrected chi connectivity index (χ1v) is 6.23. The van der Waals surface area contributed by atoms with E-state index < -0.39 is 17.3 Å². The van der Waals surface area contributed by atoms with Crippen LogP contribution >= 0.6 is 0 Å². The van der Waals surface area contributed by atoms with Crippen molar-refractivity contribution in [2.45, 2.75) is 32.3 Å². The van der Waals surface area contributed by atoms with Crippen molar-refractivity contribution in [3.63, 3.8) is 0 Å². The number of nitrogens with one attached hydrogen (secondary N) is 1. The lowest BCUT2D eigenvalue weighted by molar-refractivity contribution is 0.0468. The largest absolute Gasteiger partial charge is 0.497 e. The smallest absolute Gasteiger partial charge is 0.254 e. The van der Waals surface area contributed by atoms with E-state index in [9.17, 15) is 14.3 Å². The van der Waals surface area contributed by atoms with Crippen LogP contribution in [0.3, 0.4) is 0 Å². The number of methoxy groups -OCH3 is 1. The number of rotatable bonds is 6. The molecule has 106 valence electrons. The highest BCUT2D eigenvalue weighted by Gasteiger charge is 2.21. The molecular weight excluding hydrogens is 249 g/mol. The number of hydrogen-bond acceptors (Lipinski definition) is 3. The molecule has 2 N–H and O–H groups in total. The topological polar surface area (TPSA) is 58.6 Å². The maximum absolute atomic E-state index is 13.7. The van der Waals surface area contributed by atoms with E-state index in [0.717, 1.165) is 12.5 Å². The first-order valence-electron chi connectivity index (χ1n) is 6.23. The molecule has 0 heterocycles. The van der Waals surface area contributed by atoms with Gasteiger partial charge in [0.25, 0.3) is 5.91 Å². The zero-order valence-electron chi connectivity index (χ0n) is 11.5. The Morgan fingerprint density at radius 2 is 2.21 bits per heavy atom. The summed E-state index contributed by atoms with van der Waals surface area (Å²) in [5, 5.41) is 12.5. The van der Waals surface area contributed by atoms with Gasteiger partial charge in [-0.25, -0.2) is 4.39 Å². The fraction of sp³-hybridized carbons (Fsp3) is 0.500. The normalized spacial score (nSPS) is 13.7. The SMILES string of the molecule is CCCC(C)(O)CNC(=O)c1ccc(OC)cc1F. The van der Waals surface area contributed by atoms with Crippen molar-refractivity contribution >= 4 is 5.91 Å². The second-order valence-electron chi connectivity index (χ2n) is 4.78. The summed E-state index contributed by atoms with van der Waals surface area (Å²) < 4.78 is 18.5. The van der Waals surface area contributed by atoms with Gasteiger partial charge < -0.3 is 15.2 Å².